The number of hydrogen-bond acceptors (Lipinski definition) is 0. The second kappa shape index (κ2) is 14.0. The van der Waals surface area contributed by atoms with Crippen LogP contribution in [-0.4, -0.2) is 33.4 Å². The molecule has 3 aliphatic rings. The van der Waals surface area contributed by atoms with Gasteiger partial charge in [0.2, 0.25) is 0 Å². The van der Waals surface area contributed by atoms with Crippen molar-refractivity contribution in [3.8, 4) is 0 Å². The fourth-order valence-electron chi connectivity index (χ4n) is 5.43. The molecule has 0 aromatic heterocycles. The molecule has 26 heavy (non-hydrogen) atoms. The van der Waals surface area contributed by atoms with Gasteiger partial charge in [-0.25, -0.2) is 0 Å². The summed E-state index contributed by atoms with van der Waals surface area (Å²) >= 11 is -1.43. The van der Waals surface area contributed by atoms with Crippen LogP contribution in [0.25, 0.3) is 0 Å². The van der Waals surface area contributed by atoms with E-state index in [2.05, 4.69) is 12.5 Å². The van der Waals surface area contributed by atoms with Gasteiger partial charge in [0.1, 0.15) is 0 Å². The fourth-order valence-corrected chi connectivity index (χ4v) is 17.2. The fraction of sp³-hybridized carbons (Fsp3) is 0.952. The summed E-state index contributed by atoms with van der Waals surface area (Å²) in [7, 11) is 11.3. The summed E-state index contributed by atoms with van der Waals surface area (Å²) in [6, 6.07) is 0. The molecule has 0 amide bonds. The molecule has 156 valence electrons. The van der Waals surface area contributed by atoms with Crippen molar-refractivity contribution >= 4 is 42.1 Å². The molecule has 0 radical (unpaired) electrons. The molecule has 5 heteroatoms. The van der Waals surface area contributed by atoms with Gasteiger partial charge in [-0.2, -0.15) is 0 Å². The zero-order valence-electron chi connectivity index (χ0n) is 16.9. The van der Waals surface area contributed by atoms with Gasteiger partial charge in [-0.3, -0.25) is 0 Å². The van der Waals surface area contributed by atoms with Crippen molar-refractivity contribution in [1.29, 1.82) is 0 Å². The molecule has 3 saturated carbocycles. The summed E-state index contributed by atoms with van der Waals surface area (Å²) in [5.41, 5.74) is 3.68. The average molecular weight is 529 g/mol. The number of halogens is 2. The van der Waals surface area contributed by atoms with Crippen LogP contribution < -0.4 is 0 Å². The average Bonchev–Trinajstić information content (AvgIpc) is 2.64. The van der Waals surface area contributed by atoms with Crippen LogP contribution in [0.5, 0.6) is 0 Å². The molecular weight excluding hydrogens is 487 g/mol. The maximum absolute atomic E-state index is 5.53. The molecule has 0 spiro atoms. The molecule has 3 aliphatic carbocycles. The van der Waals surface area contributed by atoms with Gasteiger partial charge in [0.05, 0.1) is 17.0 Å². The minimum atomic E-state index is -1.43. The van der Waals surface area contributed by atoms with E-state index in [0.29, 0.717) is 10.9 Å². The van der Waals surface area contributed by atoms with Gasteiger partial charge in [0.15, 0.2) is 0 Å². The summed E-state index contributed by atoms with van der Waals surface area (Å²) in [5.74, 6) is 0. The number of hydrogen-bond donors (Lipinski definition) is 0. The number of rotatable bonds is 4. The zero-order valence-corrected chi connectivity index (χ0v) is 22.0. The molecule has 0 aliphatic heterocycles. The van der Waals surface area contributed by atoms with Crippen LogP contribution in [0.2, 0.25) is 0 Å². The standard InChI is InChI=1S/C18H33P.C3H7S.2ClH.Ru/c1-4-10-16(11-5-1)19(17-12-6-2-7-13-17)18-14-8-3-9-15-18;1-4(2)3;;;/h16-18H,1-15H2;1H,2-3H3;2*1H;/q;+1;;;+2/p-1. The predicted octanol–water partition coefficient (Wildman–Crippen LogP) is 7.75. The van der Waals surface area contributed by atoms with Crippen LogP contribution in [0.4, 0.5) is 0 Å². The summed E-state index contributed by atoms with van der Waals surface area (Å²) in [6.45, 7) is 0. The van der Waals surface area contributed by atoms with Crippen LogP contribution in [0.3, 0.4) is 0 Å². The molecule has 0 unspecified atom stereocenters. The van der Waals surface area contributed by atoms with Gasteiger partial charge in [-0.1, -0.05) is 19.3 Å². The zero-order chi connectivity index (χ0) is 18.8. The SMILES string of the molecule is C1CCC([PH+](C2CCCCC2)C2CCCCC2)CC1.C[S+](C)[CH]=[Ru]([Cl])[Cl]. The Balaban J connectivity index is 0.000000298. The minimum absolute atomic E-state index is 0.0465. The van der Waals surface area contributed by atoms with Crippen LogP contribution in [0.1, 0.15) is 96.3 Å². The Hall–Kier alpha value is 1.85. The van der Waals surface area contributed by atoms with Crippen molar-refractivity contribution in [2.24, 2.45) is 0 Å². The van der Waals surface area contributed by atoms with E-state index in [-0.39, 0.29) is 7.92 Å². The van der Waals surface area contributed by atoms with Crippen molar-refractivity contribution < 1.29 is 13.5 Å². The van der Waals surface area contributed by atoms with Crippen molar-refractivity contribution in [1.82, 2.24) is 0 Å². The Morgan fingerprint density at radius 1 is 0.654 bits per heavy atom. The van der Waals surface area contributed by atoms with Gasteiger partial charge in [-0.05, 0) is 77.0 Å². The molecule has 0 heterocycles. The van der Waals surface area contributed by atoms with Gasteiger partial charge in [0.25, 0.3) is 0 Å². The third-order valence-corrected chi connectivity index (χ3v) is 17.1. The first-order chi connectivity index (χ1) is 12.6. The Labute approximate surface area is 180 Å². The van der Waals surface area contributed by atoms with E-state index in [1.54, 1.807) is 96.3 Å². The Bertz CT molecular complexity index is 354. The summed E-state index contributed by atoms with van der Waals surface area (Å²) in [4.78, 5) is 0. The van der Waals surface area contributed by atoms with E-state index in [0.717, 1.165) is 0 Å². The van der Waals surface area contributed by atoms with Gasteiger partial charge in [-0.15, -0.1) is 0 Å². The van der Waals surface area contributed by atoms with Crippen molar-refractivity contribution in [3.05, 3.63) is 0 Å². The van der Waals surface area contributed by atoms with E-state index in [9.17, 15) is 0 Å². The third-order valence-electron chi connectivity index (χ3n) is 6.46. The third kappa shape index (κ3) is 9.12. The normalized spacial score (nSPS) is 24.3. The van der Waals surface area contributed by atoms with Crippen molar-refractivity contribution in [2.75, 3.05) is 12.5 Å². The van der Waals surface area contributed by atoms with Crippen molar-refractivity contribution in [2.45, 2.75) is 113 Å². The topological polar surface area (TPSA) is 0 Å². The molecule has 0 aromatic carbocycles. The predicted molar refractivity (Wildman–Crippen MR) is 126 cm³/mol. The van der Waals surface area contributed by atoms with Crippen LogP contribution in [0, 0.1) is 0 Å². The first kappa shape index (κ1) is 24.1. The summed E-state index contributed by atoms with van der Waals surface area (Å²) in [5, 5.41) is 0. The monoisotopic (exact) mass is 528 g/mol. The van der Waals surface area contributed by atoms with E-state index in [1.165, 1.54) is 17.0 Å². The molecule has 3 fully saturated rings. The van der Waals surface area contributed by atoms with Crippen molar-refractivity contribution in [3.63, 3.8) is 0 Å². The van der Waals surface area contributed by atoms with Crippen LogP contribution in [0.15, 0.2) is 0 Å². The van der Waals surface area contributed by atoms with Gasteiger partial charge < -0.3 is 0 Å². The van der Waals surface area contributed by atoms with E-state index in [1.807, 2.05) is 3.94 Å². The molecule has 0 bridgehead atoms. The Morgan fingerprint density at radius 3 is 1.15 bits per heavy atom. The van der Waals surface area contributed by atoms with E-state index >= 15 is 0 Å². The molecule has 3 rings (SSSR count). The molecule has 0 nitrogen and oxygen atoms in total. The Morgan fingerprint density at radius 2 is 0.962 bits per heavy atom. The molecule has 0 N–H and O–H groups in total. The van der Waals surface area contributed by atoms with E-state index in [4.69, 9.17) is 19.4 Å². The first-order valence-corrected chi connectivity index (χ1v) is 20.2. The summed E-state index contributed by atoms with van der Waals surface area (Å²) in [6.07, 6.45) is 28.0. The molecule has 0 atom stereocenters. The van der Waals surface area contributed by atoms with Crippen LogP contribution >= 0.6 is 27.3 Å². The molecular formula is C21H41Cl2PRuS+2. The molecule has 0 aromatic rings. The Kier molecular flexibility index (Phi) is 13.0. The maximum atomic E-state index is 5.53. The quantitative estimate of drug-likeness (QED) is 0.199. The molecule has 0 saturated heterocycles. The second-order valence-electron chi connectivity index (χ2n) is 8.67. The summed E-state index contributed by atoms with van der Waals surface area (Å²) < 4.78 is 2.04. The van der Waals surface area contributed by atoms with E-state index < -0.39 is 13.5 Å². The van der Waals surface area contributed by atoms with Crippen LogP contribution in [-0.2, 0) is 24.4 Å². The van der Waals surface area contributed by atoms with Gasteiger partial charge >= 0.3 is 60.2 Å². The van der Waals surface area contributed by atoms with Gasteiger partial charge in [0, 0.05) is 7.92 Å². The first-order valence-electron chi connectivity index (χ1n) is 10.8. The second-order valence-corrected chi connectivity index (χ2v) is 20.5.